The monoisotopic (exact) mass is 251 g/mol. The molecule has 0 saturated heterocycles. The Hall–Kier alpha value is -0.590. The van der Waals surface area contributed by atoms with Crippen molar-refractivity contribution in [3.63, 3.8) is 0 Å². The van der Waals surface area contributed by atoms with E-state index in [0.717, 1.165) is 6.54 Å². The molecule has 0 atom stereocenters. The van der Waals surface area contributed by atoms with Crippen molar-refractivity contribution in [1.82, 2.24) is 14.7 Å². The summed E-state index contributed by atoms with van der Waals surface area (Å²) in [4.78, 5) is 2.08. The summed E-state index contributed by atoms with van der Waals surface area (Å²) in [7, 11) is 5.46. The molecule has 0 fully saturated rings. The van der Waals surface area contributed by atoms with Crippen LogP contribution in [0.3, 0.4) is 0 Å². The first-order valence-electron chi connectivity index (χ1n) is 4.44. The van der Waals surface area contributed by atoms with Gasteiger partial charge in [0, 0.05) is 17.2 Å². The normalized spacial score (nSPS) is 12.3. The van der Waals surface area contributed by atoms with Crippen LogP contribution >= 0.6 is 10.7 Å². The number of hydrogen-bond acceptors (Lipinski definition) is 4. The molecule has 0 spiro atoms. The van der Waals surface area contributed by atoms with E-state index in [9.17, 15) is 8.42 Å². The Morgan fingerprint density at radius 2 is 2.13 bits per heavy atom. The summed E-state index contributed by atoms with van der Waals surface area (Å²) in [6.45, 7) is 3.13. The van der Waals surface area contributed by atoms with Gasteiger partial charge in [-0.15, -0.1) is 0 Å². The average molecular weight is 252 g/mol. The van der Waals surface area contributed by atoms with Gasteiger partial charge in [-0.05, 0) is 21.0 Å². The van der Waals surface area contributed by atoms with Crippen molar-refractivity contribution < 1.29 is 8.42 Å². The second-order valence-electron chi connectivity index (χ2n) is 3.56. The van der Waals surface area contributed by atoms with E-state index >= 15 is 0 Å². The van der Waals surface area contributed by atoms with Crippen molar-refractivity contribution in [3.8, 4) is 0 Å². The molecule has 1 aromatic rings. The third kappa shape index (κ3) is 3.19. The molecule has 15 heavy (non-hydrogen) atoms. The van der Waals surface area contributed by atoms with Crippen LogP contribution < -0.4 is 0 Å². The Morgan fingerprint density at radius 1 is 1.53 bits per heavy atom. The largest absolute Gasteiger partial charge is 0.308 e. The molecule has 1 aromatic heterocycles. The Labute approximate surface area is 94.1 Å². The highest BCUT2D eigenvalue weighted by atomic mass is 35.7. The number of halogens is 1. The SMILES string of the molecule is Cc1c(S(=O)(=O)Cl)cnn1CCN(C)C. The van der Waals surface area contributed by atoms with Gasteiger partial charge in [-0.3, -0.25) is 4.68 Å². The molecule has 7 heteroatoms. The molecule has 0 aliphatic carbocycles. The van der Waals surface area contributed by atoms with Crippen LogP contribution in [-0.2, 0) is 15.6 Å². The van der Waals surface area contributed by atoms with Gasteiger partial charge in [-0.2, -0.15) is 5.10 Å². The smallest absolute Gasteiger partial charge is 0.264 e. The van der Waals surface area contributed by atoms with Gasteiger partial charge in [0.2, 0.25) is 0 Å². The number of hydrogen-bond donors (Lipinski definition) is 0. The van der Waals surface area contributed by atoms with E-state index in [2.05, 4.69) is 5.10 Å². The van der Waals surface area contributed by atoms with Crippen molar-refractivity contribution in [2.75, 3.05) is 20.6 Å². The van der Waals surface area contributed by atoms with E-state index < -0.39 is 9.05 Å². The maximum absolute atomic E-state index is 11.1. The third-order valence-corrected chi connectivity index (χ3v) is 3.50. The highest BCUT2D eigenvalue weighted by Gasteiger charge is 2.17. The second kappa shape index (κ2) is 4.51. The maximum Gasteiger partial charge on any atom is 0.264 e. The van der Waals surface area contributed by atoms with Gasteiger partial charge in [0.1, 0.15) is 4.90 Å². The number of rotatable bonds is 4. The van der Waals surface area contributed by atoms with E-state index in [1.54, 1.807) is 11.6 Å². The molecule has 0 aliphatic rings. The van der Waals surface area contributed by atoms with Crippen molar-refractivity contribution >= 4 is 19.7 Å². The van der Waals surface area contributed by atoms with E-state index in [1.165, 1.54) is 6.20 Å². The summed E-state index contributed by atoms with van der Waals surface area (Å²) in [5, 5.41) is 3.98. The van der Waals surface area contributed by atoms with E-state index in [1.807, 2.05) is 19.0 Å². The van der Waals surface area contributed by atoms with E-state index in [0.29, 0.717) is 12.2 Å². The van der Waals surface area contributed by atoms with Crippen molar-refractivity contribution in [1.29, 1.82) is 0 Å². The van der Waals surface area contributed by atoms with Crippen LogP contribution in [-0.4, -0.2) is 43.7 Å². The molecular weight excluding hydrogens is 238 g/mol. The van der Waals surface area contributed by atoms with E-state index in [4.69, 9.17) is 10.7 Å². The highest BCUT2D eigenvalue weighted by Crippen LogP contribution is 2.18. The minimum absolute atomic E-state index is 0.0860. The zero-order valence-electron chi connectivity index (χ0n) is 8.94. The van der Waals surface area contributed by atoms with Crippen molar-refractivity contribution in [3.05, 3.63) is 11.9 Å². The van der Waals surface area contributed by atoms with Gasteiger partial charge in [0.05, 0.1) is 18.4 Å². The first-order valence-corrected chi connectivity index (χ1v) is 6.75. The van der Waals surface area contributed by atoms with Gasteiger partial charge in [0.25, 0.3) is 9.05 Å². The highest BCUT2D eigenvalue weighted by molar-refractivity contribution is 8.13. The molecule has 0 bridgehead atoms. The molecule has 0 saturated carbocycles. The molecule has 0 radical (unpaired) electrons. The molecule has 1 rings (SSSR count). The predicted octanol–water partition coefficient (Wildman–Crippen LogP) is 0.681. The first kappa shape index (κ1) is 12.5. The van der Waals surface area contributed by atoms with Crippen LogP contribution in [0.2, 0.25) is 0 Å². The lowest BCUT2D eigenvalue weighted by molar-refractivity contribution is 0.370. The summed E-state index contributed by atoms with van der Waals surface area (Å²) in [6, 6.07) is 0. The average Bonchev–Trinajstić information content (AvgIpc) is 2.42. The molecule has 0 unspecified atom stereocenters. The fraction of sp³-hybridized carbons (Fsp3) is 0.625. The summed E-state index contributed by atoms with van der Waals surface area (Å²) < 4.78 is 23.8. The van der Waals surface area contributed by atoms with Crippen LogP contribution in [0, 0.1) is 6.92 Å². The fourth-order valence-electron chi connectivity index (χ4n) is 1.19. The van der Waals surface area contributed by atoms with Crippen LogP contribution in [0.5, 0.6) is 0 Å². The fourth-order valence-corrected chi connectivity index (χ4v) is 2.27. The standard InChI is InChI=1S/C8H14ClN3O2S/c1-7-8(15(9,13)14)6-10-12(7)5-4-11(2)3/h6H,4-5H2,1-3H3. The Kier molecular flexibility index (Phi) is 3.75. The lowest BCUT2D eigenvalue weighted by atomic mass is 10.4. The first-order chi connectivity index (χ1) is 6.82. The topological polar surface area (TPSA) is 55.2 Å². The molecule has 0 aromatic carbocycles. The summed E-state index contributed by atoms with van der Waals surface area (Å²) in [5.41, 5.74) is 0.576. The summed E-state index contributed by atoms with van der Waals surface area (Å²) >= 11 is 0. The number of aromatic nitrogens is 2. The van der Waals surface area contributed by atoms with Gasteiger partial charge in [0.15, 0.2) is 0 Å². The molecule has 86 valence electrons. The predicted molar refractivity (Wildman–Crippen MR) is 58.6 cm³/mol. The van der Waals surface area contributed by atoms with Crippen molar-refractivity contribution in [2.45, 2.75) is 18.4 Å². The van der Waals surface area contributed by atoms with Crippen LogP contribution in [0.4, 0.5) is 0 Å². The van der Waals surface area contributed by atoms with E-state index in [-0.39, 0.29) is 4.90 Å². The maximum atomic E-state index is 11.1. The minimum atomic E-state index is -3.68. The lowest BCUT2D eigenvalue weighted by Crippen LogP contribution is -2.19. The molecule has 0 N–H and O–H groups in total. The Balaban J connectivity index is 2.90. The number of nitrogens with zero attached hydrogens (tertiary/aromatic N) is 3. The molecular formula is C8H14ClN3O2S. The third-order valence-electron chi connectivity index (χ3n) is 2.08. The van der Waals surface area contributed by atoms with Crippen molar-refractivity contribution in [2.24, 2.45) is 0 Å². The molecule has 5 nitrogen and oxygen atoms in total. The van der Waals surface area contributed by atoms with Gasteiger partial charge >= 0.3 is 0 Å². The van der Waals surface area contributed by atoms with Gasteiger partial charge in [-0.25, -0.2) is 8.42 Å². The van der Waals surface area contributed by atoms with Crippen LogP contribution in [0.25, 0.3) is 0 Å². The van der Waals surface area contributed by atoms with Crippen LogP contribution in [0.1, 0.15) is 5.69 Å². The van der Waals surface area contributed by atoms with Gasteiger partial charge < -0.3 is 4.90 Å². The summed E-state index contributed by atoms with van der Waals surface area (Å²) in [5.74, 6) is 0. The minimum Gasteiger partial charge on any atom is -0.308 e. The Bertz CT molecular complexity index is 439. The lowest BCUT2D eigenvalue weighted by Gasteiger charge is -2.10. The Morgan fingerprint density at radius 3 is 2.53 bits per heavy atom. The quantitative estimate of drug-likeness (QED) is 0.739. The van der Waals surface area contributed by atoms with Crippen LogP contribution in [0.15, 0.2) is 11.1 Å². The number of likely N-dealkylation sites (N-methyl/N-ethyl adjacent to an activating group) is 1. The molecule has 0 aliphatic heterocycles. The van der Waals surface area contributed by atoms with Gasteiger partial charge in [-0.1, -0.05) is 0 Å². The zero-order valence-corrected chi connectivity index (χ0v) is 10.5. The second-order valence-corrected chi connectivity index (χ2v) is 6.09. The molecule has 1 heterocycles. The summed E-state index contributed by atoms with van der Waals surface area (Å²) in [6.07, 6.45) is 1.29. The zero-order chi connectivity index (χ0) is 11.6. The molecule has 0 amide bonds.